The highest BCUT2D eigenvalue weighted by Gasteiger charge is 2.54. The topological polar surface area (TPSA) is 65.5 Å². The molecule has 13 heteroatoms. The van der Waals surface area contributed by atoms with Crippen LogP contribution in [0.5, 0.6) is 0 Å². The summed E-state index contributed by atoms with van der Waals surface area (Å²) in [4.78, 5) is 5.89. The van der Waals surface area contributed by atoms with Gasteiger partial charge in [-0.2, -0.15) is 4.39 Å². The second kappa shape index (κ2) is 9.29. The number of sulfonamides is 1. The van der Waals surface area contributed by atoms with Crippen molar-refractivity contribution < 1.29 is 30.4 Å². The molecule has 2 saturated heterocycles. The van der Waals surface area contributed by atoms with Crippen LogP contribution in [-0.4, -0.2) is 56.9 Å². The summed E-state index contributed by atoms with van der Waals surface area (Å²) in [5.74, 6) is -4.85. The van der Waals surface area contributed by atoms with Crippen molar-refractivity contribution in [3.63, 3.8) is 0 Å². The molecule has 2 aromatic rings. The molecule has 0 radical (unpaired) electrons. The van der Waals surface area contributed by atoms with Crippen molar-refractivity contribution in [2.75, 3.05) is 35.8 Å². The normalized spacial score (nSPS) is 26.7. The number of anilines is 2. The number of alkyl halides is 2. The molecule has 5 rings (SSSR count). The summed E-state index contributed by atoms with van der Waals surface area (Å²) in [5, 5.41) is -0.546. The molecule has 196 valence electrons. The van der Waals surface area contributed by atoms with Crippen LogP contribution in [0.25, 0.3) is 0 Å². The number of aromatic nitrogens is 1. The molecule has 0 bridgehead atoms. The lowest BCUT2D eigenvalue weighted by atomic mass is 9.63. The van der Waals surface area contributed by atoms with Crippen LogP contribution >= 0.6 is 11.6 Å². The Balaban J connectivity index is 1.36. The Hall–Kier alpha value is -2.18. The molecule has 3 heterocycles. The van der Waals surface area contributed by atoms with Gasteiger partial charge in [0.05, 0.1) is 5.69 Å². The molecule has 1 N–H and O–H groups in total. The molecule has 1 aromatic heterocycles. The van der Waals surface area contributed by atoms with Gasteiger partial charge in [-0.1, -0.05) is 17.7 Å². The Morgan fingerprint density at radius 1 is 1.14 bits per heavy atom. The van der Waals surface area contributed by atoms with E-state index in [1.165, 1.54) is 6.07 Å². The van der Waals surface area contributed by atoms with Crippen molar-refractivity contribution >= 4 is 33.1 Å². The van der Waals surface area contributed by atoms with E-state index in [9.17, 15) is 21.6 Å². The molecule has 2 aliphatic heterocycles. The molecule has 0 unspecified atom stereocenters. The molecule has 1 aromatic carbocycles. The number of hydrogen-bond acceptors (Lipinski definition) is 5. The lowest BCUT2D eigenvalue weighted by Gasteiger charge is -2.51. The highest BCUT2D eigenvalue weighted by Crippen LogP contribution is 2.53. The summed E-state index contributed by atoms with van der Waals surface area (Å²) in [6.07, 6.45) is 0.545. The third-order valence-corrected chi connectivity index (χ3v) is 9.47. The number of rotatable bonds is 6. The van der Waals surface area contributed by atoms with Crippen molar-refractivity contribution in [1.29, 1.82) is 0 Å². The second-order valence-corrected chi connectivity index (χ2v) is 11.7. The number of nitrogens with one attached hydrogen (secondary N) is 1. The van der Waals surface area contributed by atoms with E-state index in [4.69, 9.17) is 11.6 Å². The van der Waals surface area contributed by atoms with Gasteiger partial charge in [-0.05, 0) is 44.4 Å². The quantitative estimate of drug-likeness (QED) is 0.315. The van der Waals surface area contributed by atoms with Crippen LogP contribution in [0.4, 0.5) is 33.5 Å². The lowest BCUT2D eigenvalue weighted by Crippen LogP contribution is -2.56. The first kappa shape index (κ1) is 25.5. The molecular weight excluding hydrogens is 527 g/mol. The first-order valence-corrected chi connectivity index (χ1v) is 13.5. The van der Waals surface area contributed by atoms with Gasteiger partial charge < -0.3 is 4.90 Å². The molecular formula is C23H24ClF5N4O2S. The monoisotopic (exact) mass is 550 g/mol. The maximum Gasteiger partial charge on any atom is 0.268 e. The van der Waals surface area contributed by atoms with E-state index < -0.39 is 55.7 Å². The fourth-order valence-corrected chi connectivity index (χ4v) is 7.30. The molecule has 6 nitrogen and oxygen atoms in total. The van der Waals surface area contributed by atoms with Crippen LogP contribution in [0.2, 0.25) is 5.02 Å². The highest BCUT2D eigenvalue weighted by molar-refractivity contribution is 7.92. The number of nitrogens with zero attached hydrogens (tertiary/aromatic N) is 3. The third kappa shape index (κ3) is 4.41. The maximum atomic E-state index is 15.2. The molecule has 1 spiro atoms. The van der Waals surface area contributed by atoms with Gasteiger partial charge in [0.15, 0.2) is 10.7 Å². The minimum Gasteiger partial charge on any atom is -0.370 e. The standard InChI is InChI=1S/C23H24ClF5N4O2S/c24-19-15(10-14(25)21(20(19)27)36(34,35)31-18-3-1-2-17(26)30-18)33-9-7-23(12-33)6-4-16(23)32-8-5-13(11-32)22(28)29/h1-3,10,13,16,22H,4-9,11-12H2,(H,30,31)/t13-,16+,23+/m1/s1. The van der Waals surface area contributed by atoms with Gasteiger partial charge in [0.2, 0.25) is 12.4 Å². The smallest absolute Gasteiger partial charge is 0.268 e. The molecule has 3 aliphatic rings. The molecule has 1 aliphatic carbocycles. The minimum atomic E-state index is -4.80. The zero-order valence-electron chi connectivity index (χ0n) is 19.0. The fourth-order valence-electron chi connectivity index (χ4n) is 5.83. The SMILES string of the molecule is O=S(=O)(Nc1cccc(F)n1)c1c(F)cc(N2CC[C@@]3(CC[C@@H]3N3CC[C@@H](C(F)F)C3)C2)c(Cl)c1F. The van der Waals surface area contributed by atoms with Crippen molar-refractivity contribution in [3.8, 4) is 0 Å². The zero-order valence-corrected chi connectivity index (χ0v) is 20.6. The van der Waals surface area contributed by atoms with E-state index in [1.807, 2.05) is 4.72 Å². The molecule has 1 saturated carbocycles. The first-order valence-electron chi connectivity index (χ1n) is 11.6. The predicted molar refractivity (Wildman–Crippen MR) is 124 cm³/mol. The van der Waals surface area contributed by atoms with Gasteiger partial charge in [-0.15, -0.1) is 0 Å². The Labute approximate surface area is 210 Å². The minimum absolute atomic E-state index is 0.0314. The lowest BCUT2D eigenvalue weighted by molar-refractivity contribution is -0.00707. The molecule has 3 atom stereocenters. The largest absolute Gasteiger partial charge is 0.370 e. The van der Waals surface area contributed by atoms with E-state index in [0.29, 0.717) is 39.0 Å². The van der Waals surface area contributed by atoms with Crippen LogP contribution in [0.1, 0.15) is 25.7 Å². The molecule has 36 heavy (non-hydrogen) atoms. The van der Waals surface area contributed by atoms with Crippen molar-refractivity contribution in [2.24, 2.45) is 11.3 Å². The summed E-state index contributed by atoms with van der Waals surface area (Å²) < 4.78 is 97.0. The fraction of sp³-hybridized carbons (Fsp3) is 0.522. The van der Waals surface area contributed by atoms with Crippen molar-refractivity contribution in [3.05, 3.63) is 46.9 Å². The Bertz CT molecular complexity index is 1280. The second-order valence-electron chi connectivity index (χ2n) is 9.75. The summed E-state index contributed by atoms with van der Waals surface area (Å²) in [5.41, 5.74) is -0.160. The third-order valence-electron chi connectivity index (χ3n) is 7.72. The number of benzene rings is 1. The van der Waals surface area contributed by atoms with Gasteiger partial charge >= 0.3 is 0 Å². The zero-order chi connectivity index (χ0) is 25.8. The van der Waals surface area contributed by atoms with E-state index in [2.05, 4.69) is 9.88 Å². The molecule has 0 amide bonds. The Morgan fingerprint density at radius 3 is 2.56 bits per heavy atom. The van der Waals surface area contributed by atoms with E-state index in [1.54, 1.807) is 4.90 Å². The summed E-state index contributed by atoms with van der Waals surface area (Å²) in [6.45, 7) is 1.82. The van der Waals surface area contributed by atoms with E-state index in [0.717, 1.165) is 31.0 Å². The van der Waals surface area contributed by atoms with E-state index >= 15 is 8.78 Å². The average Bonchev–Trinajstić information content (AvgIpc) is 3.44. The van der Waals surface area contributed by atoms with Gasteiger partial charge in [0.25, 0.3) is 10.0 Å². The predicted octanol–water partition coefficient (Wildman–Crippen LogP) is 4.90. The van der Waals surface area contributed by atoms with Crippen LogP contribution < -0.4 is 9.62 Å². The molecule has 3 fully saturated rings. The van der Waals surface area contributed by atoms with Gasteiger partial charge in [-0.3, -0.25) is 9.62 Å². The maximum absolute atomic E-state index is 15.2. The average molecular weight is 551 g/mol. The van der Waals surface area contributed by atoms with E-state index in [-0.39, 0.29) is 17.1 Å². The first-order chi connectivity index (χ1) is 17.0. The van der Waals surface area contributed by atoms with Gasteiger partial charge in [-0.25, -0.2) is 31.0 Å². The Morgan fingerprint density at radius 2 is 1.92 bits per heavy atom. The van der Waals surface area contributed by atoms with Gasteiger partial charge in [0, 0.05) is 43.1 Å². The summed E-state index contributed by atoms with van der Waals surface area (Å²) >= 11 is 6.21. The number of halogens is 6. The number of likely N-dealkylation sites (tertiary alicyclic amines) is 1. The van der Waals surface area contributed by atoms with Crippen molar-refractivity contribution in [2.45, 2.75) is 43.0 Å². The number of hydrogen-bond donors (Lipinski definition) is 1. The number of pyridine rings is 1. The summed E-state index contributed by atoms with van der Waals surface area (Å²) in [7, 11) is -4.80. The summed E-state index contributed by atoms with van der Waals surface area (Å²) in [6, 6.07) is 4.31. The van der Waals surface area contributed by atoms with Gasteiger partial charge in [0.1, 0.15) is 16.7 Å². The highest BCUT2D eigenvalue weighted by atomic mass is 35.5. The van der Waals surface area contributed by atoms with Crippen LogP contribution in [0.3, 0.4) is 0 Å². The Kier molecular flexibility index (Phi) is 6.57. The van der Waals surface area contributed by atoms with Crippen LogP contribution in [0.15, 0.2) is 29.2 Å². The van der Waals surface area contributed by atoms with Crippen LogP contribution in [-0.2, 0) is 10.0 Å². The van der Waals surface area contributed by atoms with Crippen LogP contribution in [0, 0.1) is 28.9 Å². The van der Waals surface area contributed by atoms with Crippen molar-refractivity contribution in [1.82, 2.24) is 9.88 Å².